The Morgan fingerprint density at radius 1 is 1.59 bits per heavy atom. The number of halogens is 2. The Morgan fingerprint density at radius 2 is 2.41 bits per heavy atom. The average Bonchev–Trinajstić information content (AvgIpc) is 2.79. The quantitative estimate of drug-likeness (QED) is 0.866. The summed E-state index contributed by atoms with van der Waals surface area (Å²) in [7, 11) is 0. The first-order valence-electron chi connectivity index (χ1n) is 5.61. The first-order valence-corrected chi connectivity index (χ1v) is 5.99. The van der Waals surface area contributed by atoms with Crippen molar-refractivity contribution >= 4 is 17.5 Å². The molecule has 0 radical (unpaired) electrons. The zero-order valence-electron chi connectivity index (χ0n) is 9.30. The highest BCUT2D eigenvalue weighted by Crippen LogP contribution is 2.18. The summed E-state index contributed by atoms with van der Waals surface area (Å²) in [6.07, 6.45) is 1.03. The second kappa shape index (κ2) is 5.47. The highest BCUT2D eigenvalue weighted by Gasteiger charge is 2.19. The molecule has 1 atom stereocenters. The van der Waals surface area contributed by atoms with Gasteiger partial charge in [0.25, 0.3) is 5.91 Å². The molecule has 0 spiro atoms. The molecule has 5 heteroatoms. The van der Waals surface area contributed by atoms with Crippen LogP contribution >= 0.6 is 11.6 Å². The van der Waals surface area contributed by atoms with Crippen LogP contribution in [0.3, 0.4) is 0 Å². The fourth-order valence-electron chi connectivity index (χ4n) is 1.93. The van der Waals surface area contributed by atoms with Gasteiger partial charge >= 0.3 is 0 Å². The third-order valence-electron chi connectivity index (χ3n) is 2.90. The summed E-state index contributed by atoms with van der Waals surface area (Å²) in [5, 5.41) is 6.07. The van der Waals surface area contributed by atoms with E-state index in [2.05, 4.69) is 10.6 Å². The van der Waals surface area contributed by atoms with Gasteiger partial charge in [-0.15, -0.1) is 0 Å². The van der Waals surface area contributed by atoms with Gasteiger partial charge in [-0.1, -0.05) is 17.7 Å². The van der Waals surface area contributed by atoms with Crippen molar-refractivity contribution < 1.29 is 9.18 Å². The Labute approximate surface area is 104 Å². The van der Waals surface area contributed by atoms with E-state index < -0.39 is 11.7 Å². The summed E-state index contributed by atoms with van der Waals surface area (Å²) in [5.74, 6) is -0.607. The SMILES string of the molecule is O=C(NCC1CCNC1)c1c(F)cccc1Cl. The number of carbonyl (C=O) groups excluding carboxylic acids is 1. The minimum Gasteiger partial charge on any atom is -0.352 e. The Balaban J connectivity index is 1.99. The van der Waals surface area contributed by atoms with Gasteiger partial charge in [-0.05, 0) is 37.6 Å². The lowest BCUT2D eigenvalue weighted by molar-refractivity contribution is 0.0944. The zero-order chi connectivity index (χ0) is 12.3. The summed E-state index contributed by atoms with van der Waals surface area (Å²) in [6, 6.07) is 4.23. The van der Waals surface area contributed by atoms with Crippen LogP contribution in [0, 0.1) is 11.7 Å². The van der Waals surface area contributed by atoms with Crippen LogP contribution in [-0.2, 0) is 0 Å². The Bertz CT molecular complexity index is 399. The van der Waals surface area contributed by atoms with Crippen molar-refractivity contribution in [2.75, 3.05) is 19.6 Å². The van der Waals surface area contributed by atoms with Crippen molar-refractivity contribution in [3.05, 3.63) is 34.6 Å². The summed E-state index contributed by atoms with van der Waals surface area (Å²) < 4.78 is 13.4. The predicted octanol–water partition coefficient (Wildman–Crippen LogP) is 1.82. The Hall–Kier alpha value is -1.13. The predicted molar refractivity (Wildman–Crippen MR) is 64.7 cm³/mol. The van der Waals surface area contributed by atoms with E-state index in [4.69, 9.17) is 11.6 Å². The van der Waals surface area contributed by atoms with Crippen LogP contribution < -0.4 is 10.6 Å². The monoisotopic (exact) mass is 256 g/mol. The molecule has 1 aliphatic rings. The molecule has 2 N–H and O–H groups in total. The average molecular weight is 257 g/mol. The van der Waals surface area contributed by atoms with Crippen molar-refractivity contribution in [2.45, 2.75) is 6.42 Å². The van der Waals surface area contributed by atoms with Crippen molar-refractivity contribution in [1.82, 2.24) is 10.6 Å². The van der Waals surface area contributed by atoms with Gasteiger partial charge < -0.3 is 10.6 Å². The van der Waals surface area contributed by atoms with Crippen LogP contribution in [-0.4, -0.2) is 25.5 Å². The molecule has 1 aromatic carbocycles. The van der Waals surface area contributed by atoms with Gasteiger partial charge in [-0.2, -0.15) is 0 Å². The van der Waals surface area contributed by atoms with Gasteiger partial charge in [0.15, 0.2) is 0 Å². The molecule has 0 bridgehead atoms. The van der Waals surface area contributed by atoms with Crippen molar-refractivity contribution in [3.63, 3.8) is 0 Å². The molecule has 1 aromatic rings. The third-order valence-corrected chi connectivity index (χ3v) is 3.22. The number of rotatable bonds is 3. The van der Waals surface area contributed by atoms with E-state index in [9.17, 15) is 9.18 Å². The van der Waals surface area contributed by atoms with Crippen LogP contribution in [0.1, 0.15) is 16.8 Å². The van der Waals surface area contributed by atoms with Crippen molar-refractivity contribution in [3.8, 4) is 0 Å². The molecule has 0 aliphatic carbocycles. The minimum absolute atomic E-state index is 0.0693. The van der Waals surface area contributed by atoms with Gasteiger partial charge in [0.05, 0.1) is 10.6 Å². The van der Waals surface area contributed by atoms with Crippen LogP contribution in [0.2, 0.25) is 5.02 Å². The highest BCUT2D eigenvalue weighted by atomic mass is 35.5. The number of amides is 1. The molecule has 0 aromatic heterocycles. The van der Waals surface area contributed by atoms with E-state index >= 15 is 0 Å². The second-order valence-corrected chi connectivity index (χ2v) is 4.57. The maximum Gasteiger partial charge on any atom is 0.255 e. The van der Waals surface area contributed by atoms with Crippen LogP contribution in [0.4, 0.5) is 4.39 Å². The fourth-order valence-corrected chi connectivity index (χ4v) is 2.18. The molecule has 17 heavy (non-hydrogen) atoms. The maximum atomic E-state index is 13.4. The number of hydrogen-bond donors (Lipinski definition) is 2. The number of carbonyl (C=O) groups is 1. The van der Waals surface area contributed by atoms with Crippen LogP contribution in [0.5, 0.6) is 0 Å². The largest absolute Gasteiger partial charge is 0.352 e. The van der Waals surface area contributed by atoms with Crippen molar-refractivity contribution in [1.29, 1.82) is 0 Å². The lowest BCUT2D eigenvalue weighted by Gasteiger charge is -2.11. The van der Waals surface area contributed by atoms with E-state index in [-0.39, 0.29) is 10.6 Å². The number of nitrogens with one attached hydrogen (secondary N) is 2. The highest BCUT2D eigenvalue weighted by molar-refractivity contribution is 6.33. The topological polar surface area (TPSA) is 41.1 Å². The molecule has 1 fully saturated rings. The van der Waals surface area contributed by atoms with Gasteiger partial charge in [0, 0.05) is 6.54 Å². The summed E-state index contributed by atoms with van der Waals surface area (Å²) in [5.41, 5.74) is -0.0693. The molecule has 1 amide bonds. The molecule has 1 saturated heterocycles. The van der Waals surface area contributed by atoms with Crippen molar-refractivity contribution in [2.24, 2.45) is 5.92 Å². The first-order chi connectivity index (χ1) is 8.18. The van der Waals surface area contributed by atoms with E-state index in [1.165, 1.54) is 18.2 Å². The van der Waals surface area contributed by atoms with Gasteiger partial charge in [0.2, 0.25) is 0 Å². The van der Waals surface area contributed by atoms with Gasteiger partial charge in [-0.3, -0.25) is 4.79 Å². The smallest absolute Gasteiger partial charge is 0.255 e. The molecule has 0 saturated carbocycles. The second-order valence-electron chi connectivity index (χ2n) is 4.17. The molecule has 3 nitrogen and oxygen atoms in total. The minimum atomic E-state index is -0.584. The van der Waals surface area contributed by atoms with Gasteiger partial charge in [0.1, 0.15) is 5.82 Å². The molecule has 1 unspecified atom stereocenters. The third kappa shape index (κ3) is 2.96. The molecule has 92 valence electrons. The molecular weight excluding hydrogens is 243 g/mol. The zero-order valence-corrected chi connectivity index (χ0v) is 10.1. The number of benzene rings is 1. The lowest BCUT2D eigenvalue weighted by atomic mass is 10.1. The summed E-state index contributed by atoms with van der Waals surface area (Å²) in [6.45, 7) is 2.42. The van der Waals surface area contributed by atoms with Gasteiger partial charge in [-0.25, -0.2) is 4.39 Å². The van der Waals surface area contributed by atoms with E-state index in [1.54, 1.807) is 0 Å². The normalized spacial score (nSPS) is 19.3. The summed E-state index contributed by atoms with van der Waals surface area (Å²) in [4.78, 5) is 11.8. The lowest BCUT2D eigenvalue weighted by Crippen LogP contribution is -2.31. The Morgan fingerprint density at radius 3 is 3.06 bits per heavy atom. The standard InChI is InChI=1S/C12H14ClFN2O/c13-9-2-1-3-10(14)11(9)12(17)16-7-8-4-5-15-6-8/h1-3,8,15H,4-7H2,(H,16,17). The van der Waals surface area contributed by atoms with E-state index in [0.29, 0.717) is 12.5 Å². The van der Waals surface area contributed by atoms with Crippen LogP contribution in [0.25, 0.3) is 0 Å². The first kappa shape index (κ1) is 12.3. The molecule has 2 rings (SSSR count). The fraction of sp³-hybridized carbons (Fsp3) is 0.417. The molecule has 1 aliphatic heterocycles. The van der Waals surface area contributed by atoms with E-state index in [1.807, 2.05) is 0 Å². The Kier molecular flexibility index (Phi) is 3.97. The summed E-state index contributed by atoms with van der Waals surface area (Å²) >= 11 is 5.81. The van der Waals surface area contributed by atoms with E-state index in [0.717, 1.165) is 19.5 Å². The molecule has 1 heterocycles. The number of hydrogen-bond acceptors (Lipinski definition) is 2. The maximum absolute atomic E-state index is 13.4. The van der Waals surface area contributed by atoms with Crippen LogP contribution in [0.15, 0.2) is 18.2 Å². The molecular formula is C12H14ClFN2O.